The number of imidazole rings is 1. The molecule has 0 fully saturated rings. The second-order valence-electron chi connectivity index (χ2n) is 5.09. The van der Waals surface area contributed by atoms with Crippen LogP contribution in [-0.4, -0.2) is 32.2 Å². The Labute approximate surface area is 127 Å². The van der Waals surface area contributed by atoms with Gasteiger partial charge in [-0.2, -0.15) is 13.2 Å². The number of benzene rings is 1. The first-order valence-electron chi connectivity index (χ1n) is 6.68. The second kappa shape index (κ2) is 5.25. The molecule has 2 heterocycles. The van der Waals surface area contributed by atoms with Gasteiger partial charge in [-0.3, -0.25) is 0 Å². The molecule has 5 nitrogen and oxygen atoms in total. The molecule has 0 saturated carbocycles. The van der Waals surface area contributed by atoms with E-state index < -0.39 is 23.9 Å². The number of carbonyl (C=O) groups is 1. The Morgan fingerprint density at radius 2 is 1.83 bits per heavy atom. The molecule has 1 amide bonds. The molecule has 0 unspecified atom stereocenters. The van der Waals surface area contributed by atoms with Gasteiger partial charge in [-0.1, -0.05) is 0 Å². The third-order valence-corrected chi connectivity index (χ3v) is 3.65. The van der Waals surface area contributed by atoms with E-state index in [1.54, 1.807) is 0 Å². The normalized spacial score (nSPS) is 14.7. The lowest BCUT2D eigenvalue weighted by Gasteiger charge is -2.27. The van der Waals surface area contributed by atoms with Crippen LogP contribution in [0.2, 0.25) is 0 Å². The number of carboxylic acid groups (broad SMARTS) is 1. The Morgan fingerprint density at radius 3 is 2.39 bits per heavy atom. The van der Waals surface area contributed by atoms with Gasteiger partial charge >= 0.3 is 12.3 Å². The number of fused-ring (bicyclic) bond motifs is 1. The summed E-state index contributed by atoms with van der Waals surface area (Å²) < 4.78 is 53.5. The monoisotopic (exact) mass is 329 g/mol. The molecule has 1 aliphatic heterocycles. The number of rotatable bonds is 1. The quantitative estimate of drug-likeness (QED) is 0.818. The van der Waals surface area contributed by atoms with Crippen LogP contribution in [0.4, 0.5) is 22.4 Å². The van der Waals surface area contributed by atoms with Gasteiger partial charge in [0.05, 0.1) is 17.9 Å². The van der Waals surface area contributed by atoms with Crippen molar-refractivity contribution >= 4 is 6.09 Å². The number of alkyl halides is 3. The molecule has 9 heteroatoms. The smallest absolute Gasteiger partial charge is 0.449 e. The minimum Gasteiger partial charge on any atom is -0.465 e. The molecule has 0 radical (unpaired) electrons. The molecular formula is C14H11F4N3O2. The van der Waals surface area contributed by atoms with E-state index in [9.17, 15) is 22.4 Å². The number of hydrogen-bond donors (Lipinski definition) is 1. The summed E-state index contributed by atoms with van der Waals surface area (Å²) in [5, 5.41) is 9.05. The molecule has 0 aliphatic carbocycles. The van der Waals surface area contributed by atoms with Crippen LogP contribution >= 0.6 is 0 Å². The Balaban J connectivity index is 2.14. The van der Waals surface area contributed by atoms with E-state index in [1.165, 1.54) is 12.1 Å². The molecule has 0 atom stereocenters. The number of halogens is 4. The molecule has 122 valence electrons. The Morgan fingerprint density at radius 1 is 1.17 bits per heavy atom. The van der Waals surface area contributed by atoms with E-state index in [2.05, 4.69) is 4.98 Å². The van der Waals surface area contributed by atoms with Crippen LogP contribution < -0.4 is 0 Å². The van der Waals surface area contributed by atoms with Gasteiger partial charge in [-0.25, -0.2) is 14.2 Å². The first kappa shape index (κ1) is 15.3. The first-order chi connectivity index (χ1) is 10.8. The lowest BCUT2D eigenvalue weighted by Crippen LogP contribution is -2.38. The summed E-state index contributed by atoms with van der Waals surface area (Å²) in [7, 11) is 0. The Kier molecular flexibility index (Phi) is 3.50. The van der Waals surface area contributed by atoms with E-state index in [1.807, 2.05) is 0 Å². The van der Waals surface area contributed by atoms with Crippen molar-refractivity contribution in [2.24, 2.45) is 0 Å². The maximum absolute atomic E-state index is 13.2. The van der Waals surface area contributed by atoms with Crippen LogP contribution in [0.3, 0.4) is 0 Å². The highest BCUT2D eigenvalue weighted by molar-refractivity contribution is 5.67. The van der Waals surface area contributed by atoms with Gasteiger partial charge < -0.3 is 14.6 Å². The zero-order valence-corrected chi connectivity index (χ0v) is 11.6. The second-order valence-corrected chi connectivity index (χ2v) is 5.09. The zero-order chi connectivity index (χ0) is 16.8. The summed E-state index contributed by atoms with van der Waals surface area (Å²) in [5.74, 6) is -1.60. The fourth-order valence-electron chi connectivity index (χ4n) is 2.59. The van der Waals surface area contributed by atoms with Crippen molar-refractivity contribution in [1.29, 1.82) is 0 Å². The van der Waals surface area contributed by atoms with E-state index in [0.29, 0.717) is 5.56 Å². The molecule has 0 spiro atoms. The first-order valence-corrected chi connectivity index (χ1v) is 6.68. The standard InChI is InChI=1S/C14H11F4N3O2/c15-9-3-1-8(2-4-9)11-10-7-20(13(22)23)5-6-21(10)12(19-11)14(16,17)18/h1-4H,5-7H2,(H,22,23). The minimum absolute atomic E-state index is 0.0169. The highest BCUT2D eigenvalue weighted by Gasteiger charge is 2.40. The summed E-state index contributed by atoms with van der Waals surface area (Å²) >= 11 is 0. The van der Waals surface area contributed by atoms with Crippen molar-refractivity contribution in [2.45, 2.75) is 19.3 Å². The number of nitrogens with zero attached hydrogens (tertiary/aromatic N) is 3. The molecule has 1 aliphatic rings. The van der Waals surface area contributed by atoms with Crippen molar-refractivity contribution in [1.82, 2.24) is 14.5 Å². The van der Waals surface area contributed by atoms with Crippen LogP contribution in [0, 0.1) is 5.82 Å². The van der Waals surface area contributed by atoms with Gasteiger partial charge in [0.1, 0.15) is 5.82 Å². The third kappa shape index (κ3) is 2.73. The van der Waals surface area contributed by atoms with Gasteiger partial charge in [0.25, 0.3) is 0 Å². The highest BCUT2D eigenvalue weighted by atomic mass is 19.4. The Hall–Kier alpha value is -2.58. The van der Waals surface area contributed by atoms with Crippen LogP contribution in [0.1, 0.15) is 11.5 Å². The van der Waals surface area contributed by atoms with Crippen LogP contribution in [0.15, 0.2) is 24.3 Å². The van der Waals surface area contributed by atoms with Crippen molar-refractivity contribution in [3.63, 3.8) is 0 Å². The van der Waals surface area contributed by atoms with Gasteiger partial charge in [0.15, 0.2) is 0 Å². The lowest BCUT2D eigenvalue weighted by molar-refractivity contribution is -0.147. The molecule has 3 rings (SSSR count). The fourth-order valence-corrected chi connectivity index (χ4v) is 2.59. The maximum atomic E-state index is 13.2. The van der Waals surface area contributed by atoms with E-state index >= 15 is 0 Å². The van der Waals surface area contributed by atoms with Crippen LogP contribution in [-0.2, 0) is 19.3 Å². The highest BCUT2D eigenvalue weighted by Crippen LogP contribution is 2.35. The summed E-state index contributed by atoms with van der Waals surface area (Å²) in [6.07, 6.45) is -5.87. The molecule has 23 heavy (non-hydrogen) atoms. The van der Waals surface area contributed by atoms with Crippen LogP contribution in [0.25, 0.3) is 11.3 Å². The van der Waals surface area contributed by atoms with Gasteiger partial charge in [-0.15, -0.1) is 0 Å². The summed E-state index contributed by atoms with van der Waals surface area (Å²) in [5.41, 5.74) is 0.471. The average molecular weight is 329 g/mol. The third-order valence-electron chi connectivity index (χ3n) is 3.65. The number of hydrogen-bond acceptors (Lipinski definition) is 2. The number of aromatic nitrogens is 2. The van der Waals surface area contributed by atoms with Gasteiger partial charge in [-0.05, 0) is 24.3 Å². The lowest BCUT2D eigenvalue weighted by atomic mass is 10.1. The van der Waals surface area contributed by atoms with Crippen molar-refractivity contribution in [2.75, 3.05) is 6.54 Å². The zero-order valence-electron chi connectivity index (χ0n) is 11.6. The summed E-state index contributed by atoms with van der Waals surface area (Å²) in [4.78, 5) is 15.8. The molecule has 0 bridgehead atoms. The molecule has 1 aromatic heterocycles. The predicted molar refractivity (Wildman–Crippen MR) is 71.1 cm³/mol. The van der Waals surface area contributed by atoms with E-state index in [4.69, 9.17) is 5.11 Å². The topological polar surface area (TPSA) is 58.4 Å². The van der Waals surface area contributed by atoms with Crippen molar-refractivity contribution in [3.8, 4) is 11.3 Å². The van der Waals surface area contributed by atoms with Crippen molar-refractivity contribution < 1.29 is 27.5 Å². The fraction of sp³-hybridized carbons (Fsp3) is 0.286. The molecule has 1 aromatic carbocycles. The van der Waals surface area contributed by atoms with Gasteiger partial charge in [0, 0.05) is 18.7 Å². The van der Waals surface area contributed by atoms with Crippen molar-refractivity contribution in [3.05, 3.63) is 41.6 Å². The predicted octanol–water partition coefficient (Wildman–Crippen LogP) is 3.20. The Bertz CT molecular complexity index is 753. The molecular weight excluding hydrogens is 318 g/mol. The minimum atomic E-state index is -4.65. The molecule has 1 N–H and O–H groups in total. The molecule has 0 saturated heterocycles. The SMILES string of the molecule is O=C(O)N1CCn2c(C(F)(F)F)nc(-c3ccc(F)cc3)c2C1. The number of amides is 1. The maximum Gasteiger partial charge on any atom is 0.449 e. The van der Waals surface area contributed by atoms with E-state index in [0.717, 1.165) is 21.6 Å². The molecule has 2 aromatic rings. The summed E-state index contributed by atoms with van der Waals surface area (Å²) in [6, 6.07) is 4.87. The van der Waals surface area contributed by atoms with Crippen LogP contribution in [0.5, 0.6) is 0 Å². The largest absolute Gasteiger partial charge is 0.465 e. The average Bonchev–Trinajstić information content (AvgIpc) is 2.86. The summed E-state index contributed by atoms with van der Waals surface area (Å²) in [6.45, 7) is -0.388. The van der Waals surface area contributed by atoms with Gasteiger partial charge in [0.2, 0.25) is 5.82 Å². The van der Waals surface area contributed by atoms with E-state index in [-0.39, 0.29) is 31.0 Å².